The average Bonchev–Trinajstić information content (AvgIpc) is 2.45. The standard InChI is InChI=1S/C15H13NO3/c1-19-12-7-8-13(15(17)18)14(9-12)16-10-11-5-3-2-4-6-11/h2-10H,1H3,(H,17,18). The number of nitrogens with zero attached hydrogens (tertiary/aromatic N) is 1. The Morgan fingerprint density at radius 3 is 2.58 bits per heavy atom. The van der Waals surface area contributed by atoms with E-state index in [1.807, 2.05) is 30.3 Å². The van der Waals surface area contributed by atoms with Gasteiger partial charge in [-0.05, 0) is 17.7 Å². The van der Waals surface area contributed by atoms with Gasteiger partial charge in [0.05, 0.1) is 18.4 Å². The van der Waals surface area contributed by atoms with E-state index in [0.29, 0.717) is 11.4 Å². The molecule has 0 heterocycles. The summed E-state index contributed by atoms with van der Waals surface area (Å²) in [6.07, 6.45) is 1.63. The van der Waals surface area contributed by atoms with Crippen molar-refractivity contribution >= 4 is 17.9 Å². The van der Waals surface area contributed by atoms with Crippen LogP contribution in [0.5, 0.6) is 5.75 Å². The zero-order chi connectivity index (χ0) is 13.7. The van der Waals surface area contributed by atoms with E-state index in [2.05, 4.69) is 4.99 Å². The molecule has 0 radical (unpaired) electrons. The summed E-state index contributed by atoms with van der Waals surface area (Å²) >= 11 is 0. The summed E-state index contributed by atoms with van der Waals surface area (Å²) in [5.74, 6) is -0.437. The van der Waals surface area contributed by atoms with Crippen molar-refractivity contribution in [2.45, 2.75) is 0 Å². The second kappa shape index (κ2) is 5.82. The summed E-state index contributed by atoms with van der Waals surface area (Å²) in [6, 6.07) is 14.2. The van der Waals surface area contributed by atoms with Gasteiger partial charge < -0.3 is 9.84 Å². The Morgan fingerprint density at radius 2 is 1.95 bits per heavy atom. The molecule has 0 unspecified atom stereocenters. The maximum absolute atomic E-state index is 11.1. The highest BCUT2D eigenvalue weighted by Crippen LogP contribution is 2.25. The minimum Gasteiger partial charge on any atom is -0.497 e. The van der Waals surface area contributed by atoms with Crippen LogP contribution in [-0.2, 0) is 0 Å². The summed E-state index contributed by atoms with van der Waals surface area (Å²) in [5, 5.41) is 9.11. The van der Waals surface area contributed by atoms with E-state index in [-0.39, 0.29) is 5.56 Å². The van der Waals surface area contributed by atoms with Crippen LogP contribution >= 0.6 is 0 Å². The van der Waals surface area contributed by atoms with Gasteiger partial charge >= 0.3 is 5.97 Å². The molecular weight excluding hydrogens is 242 g/mol. The summed E-state index contributed by atoms with van der Waals surface area (Å²) in [5.41, 5.74) is 1.42. The number of carbonyl (C=O) groups is 1. The molecule has 0 spiro atoms. The van der Waals surface area contributed by atoms with Gasteiger partial charge in [-0.3, -0.25) is 4.99 Å². The van der Waals surface area contributed by atoms with Gasteiger partial charge in [0, 0.05) is 12.3 Å². The number of carboxylic acids is 1. The first-order valence-electron chi connectivity index (χ1n) is 5.71. The highest BCUT2D eigenvalue weighted by atomic mass is 16.5. The highest BCUT2D eigenvalue weighted by Gasteiger charge is 2.09. The van der Waals surface area contributed by atoms with Gasteiger partial charge in [0.15, 0.2) is 0 Å². The van der Waals surface area contributed by atoms with Crippen LogP contribution in [0.25, 0.3) is 0 Å². The van der Waals surface area contributed by atoms with Gasteiger partial charge in [0.2, 0.25) is 0 Å². The molecule has 0 saturated carbocycles. The Kier molecular flexibility index (Phi) is 3.93. The number of benzene rings is 2. The third kappa shape index (κ3) is 3.19. The molecule has 0 aliphatic carbocycles. The van der Waals surface area contributed by atoms with Crippen molar-refractivity contribution in [2.75, 3.05) is 7.11 Å². The Labute approximate surface area is 111 Å². The third-order valence-electron chi connectivity index (χ3n) is 2.59. The van der Waals surface area contributed by atoms with Gasteiger partial charge in [-0.2, -0.15) is 0 Å². The first-order chi connectivity index (χ1) is 9.20. The molecule has 0 aromatic heterocycles. The molecule has 0 bridgehead atoms. The molecule has 0 aliphatic heterocycles. The monoisotopic (exact) mass is 255 g/mol. The van der Waals surface area contributed by atoms with Crippen molar-refractivity contribution < 1.29 is 14.6 Å². The molecule has 0 aliphatic rings. The molecule has 0 atom stereocenters. The minimum absolute atomic E-state index is 0.146. The maximum Gasteiger partial charge on any atom is 0.337 e. The maximum atomic E-state index is 11.1. The molecule has 0 saturated heterocycles. The van der Waals surface area contributed by atoms with Gasteiger partial charge in [0.25, 0.3) is 0 Å². The van der Waals surface area contributed by atoms with Crippen LogP contribution in [0.15, 0.2) is 53.5 Å². The van der Waals surface area contributed by atoms with E-state index in [9.17, 15) is 4.79 Å². The van der Waals surface area contributed by atoms with Gasteiger partial charge in [0.1, 0.15) is 5.75 Å². The van der Waals surface area contributed by atoms with E-state index in [1.165, 1.54) is 13.2 Å². The van der Waals surface area contributed by atoms with Crippen LogP contribution < -0.4 is 4.74 Å². The normalized spacial score (nSPS) is 10.6. The number of rotatable bonds is 4. The molecule has 0 amide bonds. The Morgan fingerprint density at radius 1 is 1.21 bits per heavy atom. The Bertz CT molecular complexity index is 606. The largest absolute Gasteiger partial charge is 0.497 e. The smallest absolute Gasteiger partial charge is 0.337 e. The van der Waals surface area contributed by atoms with Crippen molar-refractivity contribution in [3.8, 4) is 5.75 Å². The van der Waals surface area contributed by atoms with E-state index in [0.717, 1.165) is 5.56 Å². The minimum atomic E-state index is -1.01. The SMILES string of the molecule is COc1ccc(C(=O)O)c(N=Cc2ccccc2)c1. The lowest BCUT2D eigenvalue weighted by Gasteiger charge is -2.04. The zero-order valence-corrected chi connectivity index (χ0v) is 10.4. The van der Waals surface area contributed by atoms with E-state index in [1.54, 1.807) is 18.3 Å². The van der Waals surface area contributed by atoms with Crippen molar-refractivity contribution in [1.29, 1.82) is 0 Å². The quantitative estimate of drug-likeness (QED) is 0.854. The predicted molar refractivity (Wildman–Crippen MR) is 73.6 cm³/mol. The number of aromatic carboxylic acids is 1. The van der Waals surface area contributed by atoms with Crippen LogP contribution in [0.4, 0.5) is 5.69 Å². The van der Waals surface area contributed by atoms with E-state index in [4.69, 9.17) is 9.84 Å². The molecule has 1 N–H and O–H groups in total. The summed E-state index contributed by atoms with van der Waals surface area (Å²) in [7, 11) is 1.53. The van der Waals surface area contributed by atoms with E-state index < -0.39 is 5.97 Å². The average molecular weight is 255 g/mol. The van der Waals surface area contributed by atoms with Crippen LogP contribution in [0.3, 0.4) is 0 Å². The van der Waals surface area contributed by atoms with Crippen LogP contribution in [-0.4, -0.2) is 24.4 Å². The highest BCUT2D eigenvalue weighted by molar-refractivity contribution is 5.95. The summed E-state index contributed by atoms with van der Waals surface area (Å²) in [4.78, 5) is 15.3. The van der Waals surface area contributed by atoms with Gasteiger partial charge in [-0.25, -0.2) is 4.79 Å². The van der Waals surface area contributed by atoms with Gasteiger partial charge in [-0.1, -0.05) is 30.3 Å². The second-order valence-corrected chi connectivity index (χ2v) is 3.86. The molecule has 2 aromatic rings. The molecule has 4 nitrogen and oxygen atoms in total. The Balaban J connectivity index is 2.37. The number of aliphatic imine (C=N–C) groups is 1. The molecule has 2 aromatic carbocycles. The number of hydrogen-bond acceptors (Lipinski definition) is 3. The fourth-order valence-corrected chi connectivity index (χ4v) is 1.61. The molecule has 0 fully saturated rings. The van der Waals surface area contributed by atoms with Crippen molar-refractivity contribution in [2.24, 2.45) is 4.99 Å². The summed E-state index contributed by atoms with van der Waals surface area (Å²) in [6.45, 7) is 0. The number of ether oxygens (including phenoxy) is 1. The second-order valence-electron chi connectivity index (χ2n) is 3.86. The van der Waals surface area contributed by atoms with Crippen LogP contribution in [0.1, 0.15) is 15.9 Å². The predicted octanol–water partition coefficient (Wildman–Crippen LogP) is 3.14. The van der Waals surface area contributed by atoms with Crippen molar-refractivity contribution in [1.82, 2.24) is 0 Å². The van der Waals surface area contributed by atoms with E-state index >= 15 is 0 Å². The number of methoxy groups -OCH3 is 1. The molecular formula is C15H13NO3. The first-order valence-corrected chi connectivity index (χ1v) is 5.71. The lowest BCUT2D eigenvalue weighted by atomic mass is 10.1. The van der Waals surface area contributed by atoms with Crippen molar-refractivity contribution in [3.05, 3.63) is 59.7 Å². The Hall–Kier alpha value is -2.62. The summed E-state index contributed by atoms with van der Waals surface area (Å²) < 4.78 is 5.07. The lowest BCUT2D eigenvalue weighted by Crippen LogP contribution is -1.97. The molecule has 2 rings (SSSR count). The lowest BCUT2D eigenvalue weighted by molar-refractivity contribution is 0.0698. The first kappa shape index (κ1) is 12.8. The third-order valence-corrected chi connectivity index (χ3v) is 2.59. The van der Waals surface area contributed by atoms with Crippen LogP contribution in [0.2, 0.25) is 0 Å². The molecule has 19 heavy (non-hydrogen) atoms. The topological polar surface area (TPSA) is 58.9 Å². The number of carboxylic acid groups (broad SMARTS) is 1. The van der Waals surface area contributed by atoms with Gasteiger partial charge in [-0.15, -0.1) is 0 Å². The van der Waals surface area contributed by atoms with Crippen LogP contribution in [0, 0.1) is 0 Å². The fourth-order valence-electron chi connectivity index (χ4n) is 1.61. The zero-order valence-electron chi connectivity index (χ0n) is 10.4. The molecule has 4 heteroatoms. The fraction of sp³-hybridized carbons (Fsp3) is 0.0667. The van der Waals surface area contributed by atoms with Crippen molar-refractivity contribution in [3.63, 3.8) is 0 Å². The molecule has 96 valence electrons. The number of hydrogen-bond donors (Lipinski definition) is 1.